The van der Waals surface area contributed by atoms with E-state index in [2.05, 4.69) is 15.3 Å². The fourth-order valence-corrected chi connectivity index (χ4v) is 3.67. The van der Waals surface area contributed by atoms with Crippen molar-refractivity contribution in [3.05, 3.63) is 50.7 Å². The highest BCUT2D eigenvalue weighted by molar-refractivity contribution is 7.11. The number of aliphatic hydroxyl groups is 1. The van der Waals surface area contributed by atoms with Crippen LogP contribution in [-0.4, -0.2) is 27.5 Å². The van der Waals surface area contributed by atoms with Gasteiger partial charge in [0.25, 0.3) is 0 Å². The summed E-state index contributed by atoms with van der Waals surface area (Å²) >= 11 is 1.50. The van der Waals surface area contributed by atoms with Gasteiger partial charge in [-0.3, -0.25) is 4.79 Å². The van der Waals surface area contributed by atoms with E-state index in [0.717, 1.165) is 41.2 Å². The molecule has 3 rings (SSSR count). The molecule has 24 heavy (non-hydrogen) atoms. The summed E-state index contributed by atoms with van der Waals surface area (Å²) in [6.07, 6.45) is 7.20. The molecule has 2 heterocycles. The van der Waals surface area contributed by atoms with E-state index in [9.17, 15) is 4.79 Å². The van der Waals surface area contributed by atoms with Gasteiger partial charge in [0.15, 0.2) is 0 Å². The summed E-state index contributed by atoms with van der Waals surface area (Å²) in [5.74, 6) is 0.676. The van der Waals surface area contributed by atoms with Gasteiger partial charge in [-0.2, -0.15) is 0 Å². The van der Waals surface area contributed by atoms with Crippen molar-refractivity contribution < 1.29 is 9.90 Å². The lowest BCUT2D eigenvalue weighted by Crippen LogP contribution is -2.24. The van der Waals surface area contributed by atoms with Gasteiger partial charge in [-0.25, -0.2) is 9.97 Å². The third-order valence-electron chi connectivity index (χ3n) is 4.09. The zero-order valence-corrected chi connectivity index (χ0v) is 14.5. The number of nitrogens with zero attached hydrogens (tertiary/aromatic N) is 2. The lowest BCUT2D eigenvalue weighted by molar-refractivity contribution is -0.116. The van der Waals surface area contributed by atoms with Crippen LogP contribution >= 0.6 is 11.3 Å². The van der Waals surface area contributed by atoms with E-state index in [-0.39, 0.29) is 12.5 Å². The molecule has 2 N–H and O–H groups in total. The van der Waals surface area contributed by atoms with Gasteiger partial charge in [-0.1, -0.05) is 0 Å². The molecule has 0 atom stereocenters. The minimum absolute atomic E-state index is 0.0245. The van der Waals surface area contributed by atoms with Crippen molar-refractivity contribution >= 4 is 23.3 Å². The summed E-state index contributed by atoms with van der Waals surface area (Å²) in [4.78, 5) is 22.0. The van der Waals surface area contributed by atoms with Crippen molar-refractivity contribution in [2.45, 2.75) is 39.2 Å². The van der Waals surface area contributed by atoms with E-state index in [1.807, 2.05) is 18.4 Å². The molecule has 0 radical (unpaired) electrons. The summed E-state index contributed by atoms with van der Waals surface area (Å²) in [5.41, 5.74) is 4.44. The average Bonchev–Trinajstić information content (AvgIpc) is 3.22. The Labute approximate surface area is 145 Å². The maximum absolute atomic E-state index is 11.9. The molecule has 0 spiro atoms. The second kappa shape index (κ2) is 7.68. The van der Waals surface area contributed by atoms with Crippen LogP contribution in [0.3, 0.4) is 0 Å². The Morgan fingerprint density at radius 2 is 2.29 bits per heavy atom. The summed E-state index contributed by atoms with van der Waals surface area (Å²) in [7, 11) is 0. The molecule has 6 heteroatoms. The number of aliphatic hydroxyl groups excluding tert-OH is 1. The Hall–Kier alpha value is -2.05. The number of rotatable bonds is 6. The van der Waals surface area contributed by atoms with E-state index in [0.29, 0.717) is 13.0 Å². The minimum Gasteiger partial charge on any atom is -0.392 e. The predicted molar refractivity (Wildman–Crippen MR) is 94.8 cm³/mol. The molecule has 1 aliphatic carbocycles. The standard InChI is InChI=1S/C18H21N3O2S/c1-12-15-3-2-4-16(15)21-17(20-12)7-8-19-18(23)6-5-14-9-13(10-22)11-24-14/h5-6,9,11,22H,2-4,7-8,10H2,1H3,(H,19,23)/b6-5+. The van der Waals surface area contributed by atoms with Gasteiger partial charge in [-0.05, 0) is 54.8 Å². The third kappa shape index (κ3) is 4.07. The first-order valence-corrected chi connectivity index (χ1v) is 9.03. The van der Waals surface area contributed by atoms with Gasteiger partial charge in [-0.15, -0.1) is 11.3 Å². The van der Waals surface area contributed by atoms with E-state index < -0.39 is 0 Å². The zero-order valence-electron chi connectivity index (χ0n) is 13.7. The number of hydrogen-bond acceptors (Lipinski definition) is 5. The van der Waals surface area contributed by atoms with Crippen molar-refractivity contribution in [3.63, 3.8) is 0 Å². The average molecular weight is 343 g/mol. The first-order chi connectivity index (χ1) is 11.7. The van der Waals surface area contributed by atoms with Gasteiger partial charge >= 0.3 is 0 Å². The van der Waals surface area contributed by atoms with Crippen molar-refractivity contribution in [2.24, 2.45) is 0 Å². The monoisotopic (exact) mass is 343 g/mol. The van der Waals surface area contributed by atoms with Crippen LogP contribution in [-0.2, 0) is 30.7 Å². The van der Waals surface area contributed by atoms with Gasteiger partial charge in [0, 0.05) is 35.3 Å². The fraction of sp³-hybridized carbons (Fsp3) is 0.389. The van der Waals surface area contributed by atoms with Gasteiger partial charge in [0.1, 0.15) is 5.82 Å². The Morgan fingerprint density at radius 1 is 1.42 bits per heavy atom. The third-order valence-corrected chi connectivity index (χ3v) is 5.04. The van der Waals surface area contributed by atoms with Crippen LogP contribution in [0.1, 0.15) is 39.6 Å². The van der Waals surface area contributed by atoms with Crippen LogP contribution < -0.4 is 5.32 Å². The first-order valence-electron chi connectivity index (χ1n) is 8.15. The molecule has 126 valence electrons. The number of aromatic nitrogens is 2. The first kappa shape index (κ1) is 16.8. The highest BCUT2D eigenvalue weighted by Gasteiger charge is 2.16. The number of hydrogen-bond donors (Lipinski definition) is 2. The lowest BCUT2D eigenvalue weighted by atomic mass is 10.2. The fourth-order valence-electron chi connectivity index (χ4n) is 2.87. The maximum Gasteiger partial charge on any atom is 0.244 e. The predicted octanol–water partition coefficient (Wildman–Crippen LogP) is 2.20. The highest BCUT2D eigenvalue weighted by atomic mass is 32.1. The van der Waals surface area contributed by atoms with Crippen LogP contribution in [0.15, 0.2) is 17.5 Å². The molecule has 2 aromatic rings. The molecule has 0 fully saturated rings. The minimum atomic E-state index is -0.133. The molecule has 0 aliphatic heterocycles. The molecule has 0 saturated carbocycles. The van der Waals surface area contributed by atoms with Crippen molar-refractivity contribution in [2.75, 3.05) is 6.54 Å². The molecule has 1 amide bonds. The molecule has 0 saturated heterocycles. The van der Waals surface area contributed by atoms with E-state index >= 15 is 0 Å². The second-order valence-electron chi connectivity index (χ2n) is 5.89. The smallest absolute Gasteiger partial charge is 0.244 e. The topological polar surface area (TPSA) is 75.1 Å². The molecule has 0 bridgehead atoms. The van der Waals surface area contributed by atoms with Gasteiger partial charge < -0.3 is 10.4 Å². The van der Waals surface area contributed by atoms with Crippen LogP contribution in [0.2, 0.25) is 0 Å². The molecule has 0 unspecified atom stereocenters. The van der Waals surface area contributed by atoms with Crippen molar-refractivity contribution in [3.8, 4) is 0 Å². The summed E-state index contributed by atoms with van der Waals surface area (Å²) in [6, 6.07) is 1.87. The Bertz CT molecular complexity index is 768. The Balaban J connectivity index is 1.49. The Morgan fingerprint density at radius 3 is 3.08 bits per heavy atom. The largest absolute Gasteiger partial charge is 0.392 e. The lowest BCUT2D eigenvalue weighted by Gasteiger charge is -2.07. The number of thiophene rings is 1. The number of aryl methyl sites for hydroxylation is 2. The summed E-state index contributed by atoms with van der Waals surface area (Å²) in [6.45, 7) is 2.59. The van der Waals surface area contributed by atoms with Crippen LogP contribution in [0.4, 0.5) is 0 Å². The molecule has 5 nitrogen and oxygen atoms in total. The number of amides is 1. The molecular weight excluding hydrogens is 322 g/mol. The summed E-state index contributed by atoms with van der Waals surface area (Å²) in [5, 5.41) is 13.8. The molecule has 2 aromatic heterocycles. The molecule has 1 aliphatic rings. The van der Waals surface area contributed by atoms with Crippen molar-refractivity contribution in [1.29, 1.82) is 0 Å². The van der Waals surface area contributed by atoms with Crippen LogP contribution in [0.5, 0.6) is 0 Å². The second-order valence-corrected chi connectivity index (χ2v) is 6.84. The SMILES string of the molecule is Cc1nc(CCNC(=O)/C=C/c2cc(CO)cs2)nc2c1CCC2. The zero-order chi connectivity index (χ0) is 16.9. The van der Waals surface area contributed by atoms with Crippen molar-refractivity contribution in [1.82, 2.24) is 15.3 Å². The van der Waals surface area contributed by atoms with Crippen LogP contribution in [0.25, 0.3) is 6.08 Å². The molecular formula is C18H21N3O2S. The summed E-state index contributed by atoms with van der Waals surface area (Å²) < 4.78 is 0. The van der Waals surface area contributed by atoms with Gasteiger partial charge in [0.2, 0.25) is 5.91 Å². The van der Waals surface area contributed by atoms with E-state index in [4.69, 9.17) is 5.11 Å². The van der Waals surface area contributed by atoms with Gasteiger partial charge in [0.05, 0.1) is 6.61 Å². The molecule has 0 aromatic carbocycles. The Kier molecular flexibility index (Phi) is 5.37. The number of carbonyl (C=O) groups is 1. The highest BCUT2D eigenvalue weighted by Crippen LogP contribution is 2.22. The number of fused-ring (bicyclic) bond motifs is 1. The normalized spacial score (nSPS) is 13.4. The number of carbonyl (C=O) groups excluding carboxylic acids is 1. The quantitative estimate of drug-likeness (QED) is 0.789. The van der Waals surface area contributed by atoms with E-state index in [1.165, 1.54) is 28.7 Å². The number of nitrogens with one attached hydrogen (secondary N) is 1. The van der Waals surface area contributed by atoms with E-state index in [1.54, 1.807) is 6.08 Å². The maximum atomic E-state index is 11.9. The van der Waals surface area contributed by atoms with Crippen LogP contribution in [0, 0.1) is 6.92 Å².